The summed E-state index contributed by atoms with van der Waals surface area (Å²) in [6.45, 7) is 12.9. The van der Waals surface area contributed by atoms with E-state index in [1.165, 1.54) is 10.8 Å². The van der Waals surface area contributed by atoms with Gasteiger partial charge in [0.25, 0.3) is 0 Å². The molecule has 0 spiro atoms. The van der Waals surface area contributed by atoms with E-state index in [-0.39, 0.29) is 12.5 Å². The molecule has 0 unspecified atom stereocenters. The molecule has 3 N–H and O–H groups in total. The van der Waals surface area contributed by atoms with E-state index in [0.29, 0.717) is 11.2 Å². The summed E-state index contributed by atoms with van der Waals surface area (Å²) in [7, 11) is 0. The smallest absolute Gasteiger partial charge is 0.323 e. The molecule has 0 bridgehead atoms. The Labute approximate surface area is 244 Å². The Morgan fingerprint density at radius 1 is 1.12 bits per heavy atom. The van der Waals surface area contributed by atoms with Gasteiger partial charge in [0.05, 0.1) is 30.9 Å². The van der Waals surface area contributed by atoms with E-state index in [4.69, 9.17) is 29.4 Å². The zero-order valence-corrected chi connectivity index (χ0v) is 25.2. The number of nitriles is 1. The minimum atomic E-state index is -1.91. The zero-order valence-electron chi connectivity index (χ0n) is 25.2. The molecule has 5 atom stereocenters. The Hall–Kier alpha value is -3.80. The van der Waals surface area contributed by atoms with Crippen LogP contribution in [-0.2, 0) is 38.1 Å². The maximum atomic E-state index is 12.9. The van der Waals surface area contributed by atoms with Gasteiger partial charge in [-0.15, -0.1) is 0 Å². The highest BCUT2D eigenvalue weighted by Crippen LogP contribution is 2.44. The number of esters is 3. The van der Waals surface area contributed by atoms with Crippen molar-refractivity contribution in [2.45, 2.75) is 90.9 Å². The quantitative estimate of drug-likeness (QED) is 0.168. The highest BCUT2D eigenvalue weighted by Gasteiger charge is 2.61. The number of nitrogens with one attached hydrogen (secondary N) is 1. The number of ether oxygens (including phenoxy) is 5. The molecule has 0 aliphatic carbocycles. The van der Waals surface area contributed by atoms with Crippen LogP contribution in [0.4, 0.5) is 5.82 Å². The number of carbonyl (C=O) groups excluding carboxylic acids is 3. The van der Waals surface area contributed by atoms with Crippen molar-refractivity contribution >= 4 is 29.2 Å². The van der Waals surface area contributed by atoms with Crippen LogP contribution in [0, 0.1) is 23.2 Å². The van der Waals surface area contributed by atoms with E-state index in [1.807, 2.05) is 0 Å². The lowest BCUT2D eigenvalue weighted by Gasteiger charge is -2.29. The van der Waals surface area contributed by atoms with Crippen molar-refractivity contribution in [1.29, 1.82) is 5.26 Å². The lowest BCUT2D eigenvalue weighted by Crippen LogP contribution is -2.50. The van der Waals surface area contributed by atoms with Crippen LogP contribution in [0.5, 0.6) is 0 Å². The Balaban J connectivity index is 1.96. The molecule has 2 aromatic rings. The van der Waals surface area contributed by atoms with Crippen molar-refractivity contribution in [3.63, 3.8) is 0 Å². The molecule has 2 aromatic heterocycles. The third-order valence-corrected chi connectivity index (χ3v) is 6.39. The van der Waals surface area contributed by atoms with Gasteiger partial charge in [0.15, 0.2) is 18.0 Å². The van der Waals surface area contributed by atoms with Crippen LogP contribution in [0.1, 0.15) is 67.2 Å². The van der Waals surface area contributed by atoms with Gasteiger partial charge in [-0.25, -0.2) is 9.50 Å². The molecule has 1 fully saturated rings. The number of nitrogens with zero attached hydrogens (tertiary/aromatic N) is 4. The van der Waals surface area contributed by atoms with Crippen molar-refractivity contribution in [2.75, 3.05) is 19.1 Å². The van der Waals surface area contributed by atoms with Gasteiger partial charge in [-0.05, 0) is 39.8 Å². The van der Waals surface area contributed by atoms with E-state index >= 15 is 0 Å². The lowest BCUT2D eigenvalue weighted by atomic mass is 9.95. The van der Waals surface area contributed by atoms with Crippen molar-refractivity contribution < 1.29 is 38.1 Å². The fourth-order valence-corrected chi connectivity index (χ4v) is 4.12. The number of carbonyl (C=O) groups is 3. The molecule has 1 aliphatic rings. The molecule has 0 aromatic carbocycles. The third-order valence-electron chi connectivity index (χ3n) is 6.39. The van der Waals surface area contributed by atoms with Gasteiger partial charge in [0.2, 0.25) is 5.60 Å². The largest absolute Gasteiger partial charge is 0.459 e. The monoisotopic (exact) mass is 588 g/mol. The van der Waals surface area contributed by atoms with Gasteiger partial charge in [-0.3, -0.25) is 19.7 Å². The number of rotatable bonds is 11. The molecule has 14 nitrogen and oxygen atoms in total. The van der Waals surface area contributed by atoms with Crippen LogP contribution < -0.4 is 11.1 Å². The maximum absolute atomic E-state index is 12.9. The summed E-state index contributed by atoms with van der Waals surface area (Å²) in [4.78, 5) is 42.0. The van der Waals surface area contributed by atoms with E-state index in [0.717, 1.165) is 0 Å². The third kappa shape index (κ3) is 7.33. The molecule has 1 aliphatic heterocycles. The Morgan fingerprint density at radius 3 is 2.36 bits per heavy atom. The number of fused-ring (bicyclic) bond motifs is 1. The van der Waals surface area contributed by atoms with Gasteiger partial charge >= 0.3 is 17.9 Å². The fourth-order valence-electron chi connectivity index (χ4n) is 4.12. The van der Waals surface area contributed by atoms with Crippen LogP contribution in [0.2, 0.25) is 0 Å². The SMILES string of the molecule is CC(C)C(=O)O[C@H]1[C@H](c2ccc3c(N)ncnn23)O[C@](C#N)(COCN[C@@H](C)C(=O)OC(C)(C)C)[C@H]1OC(=O)C(C)C. The molecule has 230 valence electrons. The molecule has 0 amide bonds. The first-order valence-corrected chi connectivity index (χ1v) is 13.7. The second kappa shape index (κ2) is 13.0. The van der Waals surface area contributed by atoms with E-state index in [1.54, 1.807) is 67.5 Å². The molecule has 0 saturated carbocycles. The van der Waals surface area contributed by atoms with Crippen molar-refractivity contribution in [3.8, 4) is 6.07 Å². The fraction of sp³-hybridized carbons (Fsp3) is 0.643. The summed E-state index contributed by atoms with van der Waals surface area (Å²) < 4.78 is 30.5. The Morgan fingerprint density at radius 2 is 1.76 bits per heavy atom. The van der Waals surface area contributed by atoms with Crippen molar-refractivity contribution in [1.82, 2.24) is 19.9 Å². The number of anilines is 1. The predicted octanol–water partition coefficient (Wildman–Crippen LogP) is 2.07. The van der Waals surface area contributed by atoms with Gasteiger partial charge in [-0.1, -0.05) is 27.7 Å². The van der Waals surface area contributed by atoms with E-state index in [9.17, 15) is 19.6 Å². The number of aromatic nitrogens is 3. The number of hydrogen-bond acceptors (Lipinski definition) is 13. The molecule has 14 heteroatoms. The normalized spacial score (nSPS) is 23.1. The van der Waals surface area contributed by atoms with Crippen molar-refractivity contribution in [2.24, 2.45) is 11.8 Å². The Kier molecular flexibility index (Phi) is 10.1. The van der Waals surface area contributed by atoms with Crippen LogP contribution >= 0.6 is 0 Å². The van der Waals surface area contributed by atoms with Crippen LogP contribution in [0.25, 0.3) is 5.52 Å². The highest BCUT2D eigenvalue weighted by molar-refractivity contribution is 5.75. The minimum absolute atomic E-state index is 0.170. The summed E-state index contributed by atoms with van der Waals surface area (Å²) in [5, 5.41) is 17.6. The molecular formula is C28H40N6O8. The number of nitrogens with two attached hydrogens (primary N) is 1. The molecule has 3 heterocycles. The number of hydrogen-bond donors (Lipinski definition) is 2. The average Bonchev–Trinajstić information content (AvgIpc) is 3.46. The number of nitrogen functional groups attached to an aromatic ring is 1. The minimum Gasteiger partial charge on any atom is -0.459 e. The standard InChI is InChI=1S/C28H40N6O8/c1-15(2)24(35)39-21-20(18-9-10-19-23(30)31-13-33-34(18)19)41-28(11-29,22(21)40-25(36)16(3)4)12-38-14-32-17(5)26(37)42-27(6,7)8/h9-10,13,15-17,20-22,32H,12,14H2,1-8H3,(H2,30,31,33)/t17-,20-,21-,22-,28+/m0/s1. The van der Waals surface area contributed by atoms with Crippen LogP contribution in [0.3, 0.4) is 0 Å². The maximum Gasteiger partial charge on any atom is 0.323 e. The molecule has 0 radical (unpaired) electrons. The predicted molar refractivity (Wildman–Crippen MR) is 148 cm³/mol. The van der Waals surface area contributed by atoms with Gasteiger partial charge in [0, 0.05) is 0 Å². The summed E-state index contributed by atoms with van der Waals surface area (Å²) in [5.41, 5.74) is 4.29. The molecule has 42 heavy (non-hydrogen) atoms. The topological polar surface area (TPSA) is 189 Å². The summed E-state index contributed by atoms with van der Waals surface area (Å²) >= 11 is 0. The zero-order chi connectivity index (χ0) is 31.4. The molecule has 3 rings (SSSR count). The highest BCUT2D eigenvalue weighted by atomic mass is 16.7. The summed E-state index contributed by atoms with van der Waals surface area (Å²) in [6.07, 6.45) is -2.47. The van der Waals surface area contributed by atoms with Crippen LogP contribution in [0.15, 0.2) is 18.5 Å². The summed E-state index contributed by atoms with van der Waals surface area (Å²) in [6, 6.07) is 4.69. The molecule has 1 saturated heterocycles. The van der Waals surface area contributed by atoms with Gasteiger partial charge in [0.1, 0.15) is 35.7 Å². The van der Waals surface area contributed by atoms with Gasteiger partial charge in [-0.2, -0.15) is 10.4 Å². The van der Waals surface area contributed by atoms with E-state index in [2.05, 4.69) is 21.5 Å². The first kappa shape index (κ1) is 32.7. The van der Waals surface area contributed by atoms with Crippen molar-refractivity contribution in [3.05, 3.63) is 24.2 Å². The Bertz CT molecular complexity index is 1330. The second-order valence-electron chi connectivity index (χ2n) is 11.8. The first-order chi connectivity index (χ1) is 19.6. The van der Waals surface area contributed by atoms with Crippen LogP contribution in [-0.4, -0.2) is 75.3 Å². The molecular weight excluding hydrogens is 548 g/mol. The van der Waals surface area contributed by atoms with E-state index < -0.39 is 71.9 Å². The second-order valence-corrected chi connectivity index (χ2v) is 11.8. The average molecular weight is 589 g/mol. The first-order valence-electron chi connectivity index (χ1n) is 13.7. The summed E-state index contributed by atoms with van der Waals surface area (Å²) in [5.74, 6) is -2.58. The van der Waals surface area contributed by atoms with Gasteiger partial charge < -0.3 is 29.4 Å². The lowest BCUT2D eigenvalue weighted by molar-refractivity contribution is -0.175.